The fourth-order valence-electron chi connectivity index (χ4n) is 4.56. The van der Waals surface area contributed by atoms with Crippen LogP contribution in [0, 0.1) is 0 Å². The number of amides is 1. The summed E-state index contributed by atoms with van der Waals surface area (Å²) in [6.45, 7) is 1.20. The monoisotopic (exact) mass is 651 g/mol. The van der Waals surface area contributed by atoms with Crippen LogP contribution in [-0.4, -0.2) is 86.3 Å². The van der Waals surface area contributed by atoms with Crippen molar-refractivity contribution in [2.45, 2.75) is 15.9 Å². The van der Waals surface area contributed by atoms with Crippen molar-refractivity contribution in [1.29, 1.82) is 0 Å². The first kappa shape index (κ1) is 30.9. The number of sulfonamides is 2. The molecule has 1 N–H and O–H groups in total. The second kappa shape index (κ2) is 13.0. The predicted octanol–water partition coefficient (Wildman–Crippen LogP) is 2.52. The molecule has 12 nitrogen and oxygen atoms in total. The van der Waals surface area contributed by atoms with Gasteiger partial charge in [-0.1, -0.05) is 11.6 Å². The summed E-state index contributed by atoms with van der Waals surface area (Å²) in [7, 11) is -6.22. The van der Waals surface area contributed by atoms with E-state index in [-0.39, 0.29) is 40.9 Å². The number of hydrogen-bond acceptors (Lipinski definition) is 9. The van der Waals surface area contributed by atoms with E-state index in [2.05, 4.69) is 5.32 Å². The van der Waals surface area contributed by atoms with Crippen LogP contribution in [0.2, 0.25) is 5.02 Å². The molecule has 230 valence electrons. The first-order valence-corrected chi connectivity index (χ1v) is 16.6. The van der Waals surface area contributed by atoms with Gasteiger partial charge in [0, 0.05) is 18.1 Å². The van der Waals surface area contributed by atoms with Crippen molar-refractivity contribution in [2.75, 3.05) is 57.4 Å². The molecule has 0 aromatic heterocycles. The summed E-state index contributed by atoms with van der Waals surface area (Å²) < 4.78 is 77.1. The lowest BCUT2D eigenvalue weighted by atomic mass is 10.2. The number of rotatable bonds is 10. The fourth-order valence-corrected chi connectivity index (χ4v) is 7.61. The Bertz CT molecular complexity index is 1660. The minimum atomic E-state index is -4.08. The van der Waals surface area contributed by atoms with Crippen molar-refractivity contribution < 1.29 is 40.6 Å². The van der Waals surface area contributed by atoms with E-state index >= 15 is 0 Å². The summed E-state index contributed by atoms with van der Waals surface area (Å²) in [4.78, 5) is 13.2. The van der Waals surface area contributed by atoms with Crippen LogP contribution in [0.3, 0.4) is 0 Å². The second-order valence-electron chi connectivity index (χ2n) is 9.56. The molecule has 1 saturated heterocycles. The summed E-state index contributed by atoms with van der Waals surface area (Å²) in [5.74, 6) is 0.576. The van der Waals surface area contributed by atoms with Gasteiger partial charge in [0.1, 0.15) is 23.9 Å². The van der Waals surface area contributed by atoms with Crippen LogP contribution in [0.5, 0.6) is 17.2 Å². The Labute approximate surface area is 255 Å². The van der Waals surface area contributed by atoms with Crippen LogP contribution in [0.15, 0.2) is 76.5 Å². The van der Waals surface area contributed by atoms with Crippen LogP contribution in [0.4, 0.5) is 5.69 Å². The van der Waals surface area contributed by atoms with Gasteiger partial charge in [-0.25, -0.2) is 16.8 Å². The average molecular weight is 652 g/mol. The fraction of sp³-hybridized carbons (Fsp3) is 0.321. The highest BCUT2D eigenvalue weighted by Gasteiger charge is 2.37. The van der Waals surface area contributed by atoms with Gasteiger partial charge in [0.2, 0.25) is 10.0 Å². The summed E-state index contributed by atoms with van der Waals surface area (Å²) in [6.07, 6.45) is -1.15. The highest BCUT2D eigenvalue weighted by atomic mass is 35.5. The highest BCUT2D eigenvalue weighted by Crippen LogP contribution is 2.39. The second-order valence-corrected chi connectivity index (χ2v) is 13.8. The number of benzene rings is 3. The van der Waals surface area contributed by atoms with Gasteiger partial charge in [-0.3, -0.25) is 9.10 Å². The van der Waals surface area contributed by atoms with Crippen LogP contribution < -0.4 is 23.8 Å². The lowest BCUT2D eigenvalue weighted by Gasteiger charge is -2.34. The number of morpholine rings is 1. The maximum Gasteiger partial charge on any atom is 0.264 e. The molecule has 0 radical (unpaired) electrons. The summed E-state index contributed by atoms with van der Waals surface area (Å²) in [6, 6.07) is 16.5. The zero-order chi connectivity index (χ0) is 30.6. The number of anilines is 1. The van der Waals surface area contributed by atoms with Crippen molar-refractivity contribution in [3.63, 3.8) is 0 Å². The summed E-state index contributed by atoms with van der Waals surface area (Å²) in [5.41, 5.74) is 0.217. The maximum atomic E-state index is 13.6. The molecule has 5 rings (SSSR count). The molecule has 2 aliphatic heterocycles. The van der Waals surface area contributed by atoms with Crippen molar-refractivity contribution in [3.8, 4) is 17.2 Å². The van der Waals surface area contributed by atoms with Crippen LogP contribution >= 0.6 is 11.6 Å². The van der Waals surface area contributed by atoms with E-state index in [0.29, 0.717) is 42.8 Å². The molecule has 1 atom stereocenters. The predicted molar refractivity (Wildman–Crippen MR) is 158 cm³/mol. The molecule has 0 saturated carbocycles. The first-order valence-electron chi connectivity index (χ1n) is 13.3. The molecule has 0 bridgehead atoms. The molecule has 0 aliphatic carbocycles. The minimum Gasteiger partial charge on any atom is -0.497 e. The number of fused-ring (bicyclic) bond motifs is 1. The molecule has 2 heterocycles. The van der Waals surface area contributed by atoms with Gasteiger partial charge in [0.05, 0.1) is 48.9 Å². The Morgan fingerprint density at radius 3 is 2.21 bits per heavy atom. The topological polar surface area (TPSA) is 141 Å². The third kappa shape index (κ3) is 6.83. The smallest absolute Gasteiger partial charge is 0.264 e. The summed E-state index contributed by atoms with van der Waals surface area (Å²) >= 11 is 6.15. The Hall–Kier alpha value is -3.56. The Kier molecular flexibility index (Phi) is 9.32. The molecule has 0 unspecified atom stereocenters. The van der Waals surface area contributed by atoms with Crippen molar-refractivity contribution >= 4 is 43.2 Å². The summed E-state index contributed by atoms with van der Waals surface area (Å²) in [5, 5.41) is 3.01. The average Bonchev–Trinajstić information content (AvgIpc) is 3.03. The van der Waals surface area contributed by atoms with Gasteiger partial charge in [-0.2, -0.15) is 4.31 Å². The standard InChI is InChI=1S/C28H30ClN3O9S2/c1-38-21-3-7-24(8-4-21)43(36,37)32-19-27(41-26-11-2-20(29)18-25(26)32)28(33)30-12-15-40-22-5-9-23(10-6-22)42(34,35)31-13-16-39-17-14-31/h2-11,18,27H,12-17,19H2,1H3,(H,30,33)/t27-/m0/s1. The quantitative estimate of drug-likeness (QED) is 0.328. The number of carbonyl (C=O) groups excluding carboxylic acids is 1. The molecule has 3 aromatic carbocycles. The van der Waals surface area contributed by atoms with Gasteiger partial charge < -0.3 is 24.3 Å². The molecular formula is C28H30ClN3O9S2. The van der Waals surface area contributed by atoms with Crippen LogP contribution in [-0.2, 0) is 29.6 Å². The molecule has 15 heteroatoms. The normalized spacial score (nSPS) is 17.4. The van der Waals surface area contributed by atoms with E-state index in [1.165, 1.54) is 59.9 Å². The molecule has 1 amide bonds. The Morgan fingerprint density at radius 1 is 0.930 bits per heavy atom. The van der Waals surface area contributed by atoms with E-state index in [1.807, 2.05) is 0 Å². The maximum absolute atomic E-state index is 13.6. The van der Waals surface area contributed by atoms with E-state index in [4.69, 9.17) is 30.5 Å². The van der Waals surface area contributed by atoms with Gasteiger partial charge in [-0.05, 0) is 66.7 Å². The third-order valence-corrected chi connectivity index (χ3v) is 10.8. The zero-order valence-electron chi connectivity index (χ0n) is 23.1. The zero-order valence-corrected chi connectivity index (χ0v) is 25.5. The Morgan fingerprint density at radius 2 is 1.56 bits per heavy atom. The number of ether oxygens (including phenoxy) is 4. The molecule has 43 heavy (non-hydrogen) atoms. The number of methoxy groups -OCH3 is 1. The van der Waals surface area contributed by atoms with E-state index in [0.717, 1.165) is 4.31 Å². The highest BCUT2D eigenvalue weighted by molar-refractivity contribution is 7.92. The van der Waals surface area contributed by atoms with E-state index < -0.39 is 32.1 Å². The van der Waals surface area contributed by atoms with Crippen molar-refractivity contribution in [2.24, 2.45) is 0 Å². The van der Waals surface area contributed by atoms with Crippen LogP contribution in [0.25, 0.3) is 0 Å². The lowest BCUT2D eigenvalue weighted by molar-refractivity contribution is -0.127. The number of hydrogen-bond donors (Lipinski definition) is 1. The lowest BCUT2D eigenvalue weighted by Crippen LogP contribution is -2.51. The van der Waals surface area contributed by atoms with Crippen LogP contribution in [0.1, 0.15) is 0 Å². The number of nitrogens with zero attached hydrogens (tertiary/aromatic N) is 2. The Balaban J connectivity index is 1.20. The SMILES string of the molecule is COc1ccc(S(=O)(=O)N2C[C@@H](C(=O)NCCOc3ccc(S(=O)(=O)N4CCOCC4)cc3)Oc3ccc(Cl)cc32)cc1. The third-order valence-electron chi connectivity index (χ3n) is 6.83. The van der Waals surface area contributed by atoms with Gasteiger partial charge in [0.15, 0.2) is 6.10 Å². The largest absolute Gasteiger partial charge is 0.497 e. The number of carbonyl (C=O) groups is 1. The van der Waals surface area contributed by atoms with Gasteiger partial charge in [0.25, 0.3) is 15.9 Å². The van der Waals surface area contributed by atoms with Crippen molar-refractivity contribution in [1.82, 2.24) is 9.62 Å². The minimum absolute atomic E-state index is 0.0115. The van der Waals surface area contributed by atoms with Gasteiger partial charge >= 0.3 is 0 Å². The first-order chi connectivity index (χ1) is 20.6. The molecule has 3 aromatic rings. The number of halogens is 1. The van der Waals surface area contributed by atoms with E-state index in [9.17, 15) is 21.6 Å². The molecule has 1 fully saturated rings. The molecular weight excluding hydrogens is 622 g/mol. The van der Waals surface area contributed by atoms with Gasteiger partial charge in [-0.15, -0.1) is 0 Å². The number of nitrogens with one attached hydrogen (secondary N) is 1. The molecule has 2 aliphatic rings. The van der Waals surface area contributed by atoms with Crippen molar-refractivity contribution in [3.05, 3.63) is 71.8 Å². The molecule has 0 spiro atoms. The van der Waals surface area contributed by atoms with E-state index in [1.54, 1.807) is 18.2 Å².